The third kappa shape index (κ3) is 5.23. The molecule has 5 nitrogen and oxygen atoms in total. The van der Waals surface area contributed by atoms with E-state index in [0.29, 0.717) is 5.95 Å². The smallest absolute Gasteiger partial charge is 0.229 e. The van der Waals surface area contributed by atoms with Crippen molar-refractivity contribution >= 4 is 33.4 Å². The summed E-state index contributed by atoms with van der Waals surface area (Å²) in [7, 11) is 0. The van der Waals surface area contributed by atoms with Crippen LogP contribution in [-0.4, -0.2) is 47.6 Å². The second kappa shape index (κ2) is 9.23. The Hall–Kier alpha value is -1.66. The van der Waals surface area contributed by atoms with Crippen LogP contribution in [0.4, 0.5) is 17.5 Å². The van der Waals surface area contributed by atoms with Crippen LogP contribution in [0.3, 0.4) is 0 Å². The van der Waals surface area contributed by atoms with Crippen LogP contribution in [-0.2, 0) is 0 Å². The van der Waals surface area contributed by atoms with Crippen molar-refractivity contribution in [3.8, 4) is 0 Å². The second-order valence-corrected chi connectivity index (χ2v) is 9.03. The van der Waals surface area contributed by atoms with Gasteiger partial charge in [0, 0.05) is 54.6 Å². The number of nitrogens with zero attached hydrogens (tertiary/aromatic N) is 4. The fourth-order valence-corrected chi connectivity index (χ4v) is 4.59. The van der Waals surface area contributed by atoms with Crippen LogP contribution in [0.1, 0.15) is 37.8 Å². The van der Waals surface area contributed by atoms with E-state index < -0.39 is 0 Å². The minimum Gasteiger partial charge on any atom is -0.354 e. The molecule has 1 aliphatic carbocycles. The Kier molecular flexibility index (Phi) is 6.47. The van der Waals surface area contributed by atoms with Gasteiger partial charge in [0.25, 0.3) is 0 Å². The molecule has 1 saturated carbocycles. The molecular formula is C22H30BrN5. The van der Waals surface area contributed by atoms with Crippen molar-refractivity contribution in [3.05, 3.63) is 40.5 Å². The van der Waals surface area contributed by atoms with Crippen molar-refractivity contribution in [2.45, 2.75) is 39.0 Å². The average molecular weight is 444 g/mol. The van der Waals surface area contributed by atoms with Gasteiger partial charge in [-0.05, 0) is 49.9 Å². The molecular weight excluding hydrogens is 414 g/mol. The molecule has 1 N–H and O–H groups in total. The van der Waals surface area contributed by atoms with Gasteiger partial charge in [-0.15, -0.1) is 0 Å². The van der Waals surface area contributed by atoms with E-state index >= 15 is 0 Å². The van der Waals surface area contributed by atoms with E-state index in [1.54, 1.807) is 0 Å². The first-order chi connectivity index (χ1) is 13.7. The van der Waals surface area contributed by atoms with E-state index in [-0.39, 0.29) is 0 Å². The summed E-state index contributed by atoms with van der Waals surface area (Å²) in [6, 6.07) is 10.2. The first-order valence-electron chi connectivity index (χ1n) is 10.5. The molecule has 150 valence electrons. The Bertz CT molecular complexity index is 765. The maximum absolute atomic E-state index is 4.79. The summed E-state index contributed by atoms with van der Waals surface area (Å²) < 4.78 is 1.06. The van der Waals surface area contributed by atoms with E-state index in [9.17, 15) is 0 Å². The van der Waals surface area contributed by atoms with Gasteiger partial charge in [-0.25, -0.2) is 4.98 Å². The highest BCUT2D eigenvalue weighted by atomic mass is 79.9. The summed E-state index contributed by atoms with van der Waals surface area (Å²) in [6.45, 7) is 7.68. The fraction of sp³-hybridized carbons (Fsp3) is 0.545. The summed E-state index contributed by atoms with van der Waals surface area (Å²) in [5.74, 6) is 2.62. The lowest BCUT2D eigenvalue weighted by Gasteiger charge is -2.37. The second-order valence-electron chi connectivity index (χ2n) is 8.11. The van der Waals surface area contributed by atoms with Crippen molar-refractivity contribution < 1.29 is 0 Å². The molecule has 2 fully saturated rings. The third-order valence-electron chi connectivity index (χ3n) is 5.88. The molecule has 1 aromatic heterocycles. The molecule has 0 unspecified atom stereocenters. The number of aryl methyl sites for hydroxylation is 1. The Labute approximate surface area is 176 Å². The lowest BCUT2D eigenvalue weighted by Crippen LogP contribution is -2.48. The van der Waals surface area contributed by atoms with Gasteiger partial charge >= 0.3 is 0 Å². The van der Waals surface area contributed by atoms with Gasteiger partial charge in [0.2, 0.25) is 5.95 Å². The number of hydrogen-bond acceptors (Lipinski definition) is 5. The average Bonchev–Trinajstić information content (AvgIpc) is 2.71. The van der Waals surface area contributed by atoms with Crippen LogP contribution in [0.25, 0.3) is 0 Å². The Morgan fingerprint density at radius 1 is 1.00 bits per heavy atom. The van der Waals surface area contributed by atoms with Crippen LogP contribution in [0.2, 0.25) is 0 Å². The van der Waals surface area contributed by atoms with Gasteiger partial charge in [-0.3, -0.25) is 4.90 Å². The summed E-state index contributed by atoms with van der Waals surface area (Å²) in [5.41, 5.74) is 1.99. The summed E-state index contributed by atoms with van der Waals surface area (Å²) >= 11 is 3.47. The van der Waals surface area contributed by atoms with Gasteiger partial charge in [-0.1, -0.05) is 35.2 Å². The Morgan fingerprint density at radius 2 is 1.71 bits per heavy atom. The molecule has 0 atom stereocenters. The van der Waals surface area contributed by atoms with E-state index in [4.69, 9.17) is 4.98 Å². The van der Waals surface area contributed by atoms with E-state index in [1.165, 1.54) is 38.6 Å². The van der Waals surface area contributed by atoms with Crippen molar-refractivity contribution in [1.82, 2.24) is 14.9 Å². The molecule has 0 radical (unpaired) electrons. The van der Waals surface area contributed by atoms with E-state index in [0.717, 1.165) is 53.8 Å². The molecule has 4 rings (SSSR count). The predicted octanol–water partition coefficient (Wildman–Crippen LogP) is 4.99. The van der Waals surface area contributed by atoms with Crippen molar-refractivity contribution in [3.63, 3.8) is 0 Å². The minimum absolute atomic E-state index is 0.668. The first-order valence-corrected chi connectivity index (χ1v) is 11.3. The minimum atomic E-state index is 0.668. The molecule has 0 amide bonds. The summed E-state index contributed by atoms with van der Waals surface area (Å²) in [4.78, 5) is 14.4. The van der Waals surface area contributed by atoms with Gasteiger partial charge in [0.05, 0.1) is 0 Å². The zero-order chi connectivity index (χ0) is 19.3. The summed E-state index contributed by atoms with van der Waals surface area (Å²) in [6.07, 6.45) is 7.15. The number of halogens is 1. The maximum atomic E-state index is 4.79. The molecule has 1 aromatic carbocycles. The van der Waals surface area contributed by atoms with Crippen LogP contribution in [0.5, 0.6) is 0 Å². The van der Waals surface area contributed by atoms with Crippen molar-refractivity contribution in [2.75, 3.05) is 42.9 Å². The zero-order valence-corrected chi connectivity index (χ0v) is 18.3. The number of benzene rings is 1. The van der Waals surface area contributed by atoms with Gasteiger partial charge < -0.3 is 10.2 Å². The monoisotopic (exact) mass is 443 g/mol. The van der Waals surface area contributed by atoms with E-state index in [1.807, 2.05) is 31.2 Å². The quantitative estimate of drug-likeness (QED) is 0.704. The number of rotatable bonds is 5. The molecule has 1 aliphatic heterocycles. The molecule has 0 spiro atoms. The molecule has 2 heterocycles. The molecule has 6 heteroatoms. The number of aromatic nitrogens is 2. The highest BCUT2D eigenvalue weighted by Gasteiger charge is 2.22. The first kappa shape index (κ1) is 19.6. The largest absolute Gasteiger partial charge is 0.354 e. The van der Waals surface area contributed by atoms with Crippen LogP contribution < -0.4 is 10.2 Å². The topological polar surface area (TPSA) is 44.3 Å². The van der Waals surface area contributed by atoms with Crippen LogP contribution >= 0.6 is 15.9 Å². The fourth-order valence-electron chi connectivity index (χ4n) is 4.33. The van der Waals surface area contributed by atoms with E-state index in [2.05, 4.69) is 42.1 Å². The predicted molar refractivity (Wildman–Crippen MR) is 119 cm³/mol. The number of anilines is 3. The normalized spacial score (nSPS) is 19.0. The molecule has 2 aromatic rings. The molecule has 2 aliphatic rings. The summed E-state index contributed by atoms with van der Waals surface area (Å²) in [5, 5.41) is 3.33. The lowest BCUT2D eigenvalue weighted by molar-refractivity contribution is 0.192. The molecule has 0 bridgehead atoms. The SMILES string of the molecule is Cc1cc(N2CCN(CC3CCCCC3)CC2)nc(Nc2ccc(Br)cc2)n1. The molecule has 1 saturated heterocycles. The van der Waals surface area contributed by atoms with Crippen LogP contribution in [0, 0.1) is 12.8 Å². The van der Waals surface area contributed by atoms with Crippen LogP contribution in [0.15, 0.2) is 34.8 Å². The lowest BCUT2D eigenvalue weighted by atomic mass is 9.89. The maximum Gasteiger partial charge on any atom is 0.229 e. The Balaban J connectivity index is 1.36. The molecule has 28 heavy (non-hydrogen) atoms. The highest BCUT2D eigenvalue weighted by Crippen LogP contribution is 2.25. The number of nitrogens with one attached hydrogen (secondary N) is 1. The number of hydrogen-bond donors (Lipinski definition) is 1. The number of piperazine rings is 1. The standard InChI is InChI=1S/C22H30BrN5/c1-17-15-21(26-22(24-17)25-20-9-7-19(23)8-10-20)28-13-11-27(12-14-28)16-18-5-3-2-4-6-18/h7-10,15,18H,2-6,11-14,16H2,1H3,(H,24,25,26). The van der Waals surface area contributed by atoms with Gasteiger partial charge in [-0.2, -0.15) is 4.98 Å². The van der Waals surface area contributed by atoms with Crippen molar-refractivity contribution in [1.29, 1.82) is 0 Å². The van der Waals surface area contributed by atoms with Gasteiger partial charge in [0.15, 0.2) is 0 Å². The zero-order valence-electron chi connectivity index (χ0n) is 16.7. The third-order valence-corrected chi connectivity index (χ3v) is 6.41. The highest BCUT2D eigenvalue weighted by molar-refractivity contribution is 9.10. The van der Waals surface area contributed by atoms with Crippen molar-refractivity contribution in [2.24, 2.45) is 5.92 Å². The Morgan fingerprint density at radius 3 is 2.43 bits per heavy atom. The van der Waals surface area contributed by atoms with Gasteiger partial charge in [0.1, 0.15) is 5.82 Å².